The number of piperazine rings is 1. The molecule has 118 valence electrons. The van der Waals surface area contributed by atoms with Crippen molar-refractivity contribution in [3.8, 4) is 0 Å². The Labute approximate surface area is 129 Å². The predicted octanol–water partition coefficient (Wildman–Crippen LogP) is 1.55. The van der Waals surface area contributed by atoms with Crippen LogP contribution in [0.1, 0.15) is 26.0 Å². The van der Waals surface area contributed by atoms with Gasteiger partial charge >= 0.3 is 0 Å². The molecule has 0 aromatic carbocycles. The fourth-order valence-corrected chi connectivity index (χ4v) is 2.45. The van der Waals surface area contributed by atoms with Gasteiger partial charge in [0.05, 0.1) is 0 Å². The molecule has 0 N–H and O–H groups in total. The van der Waals surface area contributed by atoms with Gasteiger partial charge in [-0.3, -0.25) is 14.5 Å². The zero-order chi connectivity index (χ0) is 16.3. The van der Waals surface area contributed by atoms with E-state index in [2.05, 4.69) is 6.58 Å². The third-order valence-electron chi connectivity index (χ3n) is 3.75. The second-order valence-corrected chi connectivity index (χ2v) is 5.34. The minimum absolute atomic E-state index is 0.0965. The summed E-state index contributed by atoms with van der Waals surface area (Å²) < 4.78 is 5.64. The first-order valence-electron chi connectivity index (χ1n) is 7.26. The van der Waals surface area contributed by atoms with Gasteiger partial charge < -0.3 is 14.1 Å². The van der Waals surface area contributed by atoms with Gasteiger partial charge in [0.1, 0.15) is 17.6 Å². The predicted molar refractivity (Wildman–Crippen MR) is 81.4 cm³/mol. The zero-order valence-corrected chi connectivity index (χ0v) is 12.9. The third kappa shape index (κ3) is 3.27. The van der Waals surface area contributed by atoms with Crippen molar-refractivity contribution < 1.29 is 18.8 Å². The lowest BCUT2D eigenvalue weighted by molar-refractivity contribution is -0.137. The Morgan fingerprint density at radius 1 is 1.41 bits per heavy atom. The van der Waals surface area contributed by atoms with Gasteiger partial charge in [-0.25, -0.2) is 0 Å². The lowest BCUT2D eigenvalue weighted by Crippen LogP contribution is -2.57. The lowest BCUT2D eigenvalue weighted by atomic mass is 10.1. The van der Waals surface area contributed by atoms with E-state index >= 15 is 0 Å². The molecule has 1 aliphatic rings. The summed E-state index contributed by atoms with van der Waals surface area (Å²) in [6, 6.07) is 2.95. The molecule has 2 heterocycles. The fraction of sp³-hybridized carbons (Fsp3) is 0.438. The van der Waals surface area contributed by atoms with E-state index in [4.69, 9.17) is 4.42 Å². The Bertz CT molecular complexity index is 605. The summed E-state index contributed by atoms with van der Waals surface area (Å²) in [5.41, 5.74) is 0. The molecule has 1 fully saturated rings. The maximum absolute atomic E-state index is 12.4. The van der Waals surface area contributed by atoms with Crippen LogP contribution in [0.25, 0.3) is 0 Å². The average Bonchev–Trinajstić information content (AvgIpc) is 2.95. The quantitative estimate of drug-likeness (QED) is 0.774. The Morgan fingerprint density at radius 2 is 2.14 bits per heavy atom. The molecule has 0 spiro atoms. The van der Waals surface area contributed by atoms with Crippen molar-refractivity contribution in [3.05, 3.63) is 30.5 Å². The Morgan fingerprint density at radius 3 is 2.77 bits per heavy atom. The Kier molecular flexibility index (Phi) is 4.80. The van der Waals surface area contributed by atoms with E-state index in [1.54, 1.807) is 19.1 Å². The van der Waals surface area contributed by atoms with Gasteiger partial charge in [-0.1, -0.05) is 6.58 Å². The van der Waals surface area contributed by atoms with Gasteiger partial charge in [0, 0.05) is 32.0 Å². The van der Waals surface area contributed by atoms with Gasteiger partial charge in [-0.2, -0.15) is 0 Å². The van der Waals surface area contributed by atoms with Crippen LogP contribution in [-0.2, 0) is 20.8 Å². The summed E-state index contributed by atoms with van der Waals surface area (Å²) in [6.07, 6.45) is 2.15. The van der Waals surface area contributed by atoms with Crippen LogP contribution in [0.5, 0.6) is 0 Å². The van der Waals surface area contributed by atoms with Crippen LogP contribution in [0, 0.1) is 0 Å². The smallest absolute Gasteiger partial charge is 0.251 e. The first-order chi connectivity index (χ1) is 10.4. The molecule has 1 aromatic heterocycles. The number of furan rings is 1. The molecule has 1 saturated heterocycles. The number of anilines is 1. The lowest BCUT2D eigenvalue weighted by Gasteiger charge is -2.37. The van der Waals surface area contributed by atoms with Crippen LogP contribution in [0.15, 0.2) is 29.2 Å². The molecular weight excluding hydrogens is 284 g/mol. The number of ketones is 1. The first kappa shape index (κ1) is 16.0. The van der Waals surface area contributed by atoms with Gasteiger partial charge in [-0.05, 0) is 26.0 Å². The monoisotopic (exact) mass is 304 g/mol. The van der Waals surface area contributed by atoms with Crippen LogP contribution >= 0.6 is 0 Å². The van der Waals surface area contributed by atoms with Crippen LogP contribution < -0.4 is 4.90 Å². The number of carbonyl (C=O) groups excluding carboxylic acids is 3. The van der Waals surface area contributed by atoms with Gasteiger partial charge in [0.2, 0.25) is 11.8 Å². The van der Waals surface area contributed by atoms with Crippen molar-refractivity contribution >= 4 is 23.5 Å². The van der Waals surface area contributed by atoms with Crippen molar-refractivity contribution in [2.75, 3.05) is 18.0 Å². The second kappa shape index (κ2) is 6.60. The fourth-order valence-electron chi connectivity index (χ4n) is 2.45. The van der Waals surface area contributed by atoms with E-state index in [-0.39, 0.29) is 17.6 Å². The van der Waals surface area contributed by atoms with Crippen molar-refractivity contribution in [3.63, 3.8) is 0 Å². The minimum Gasteiger partial charge on any atom is -0.445 e. The van der Waals surface area contributed by atoms with Crippen molar-refractivity contribution in [1.29, 1.82) is 0 Å². The highest BCUT2D eigenvalue weighted by Gasteiger charge is 2.35. The average molecular weight is 304 g/mol. The number of aryl methyl sites for hydroxylation is 1. The van der Waals surface area contributed by atoms with Crippen molar-refractivity contribution in [2.45, 2.75) is 32.7 Å². The third-order valence-corrected chi connectivity index (χ3v) is 3.75. The van der Waals surface area contributed by atoms with E-state index in [1.165, 1.54) is 22.8 Å². The maximum Gasteiger partial charge on any atom is 0.251 e. The van der Waals surface area contributed by atoms with E-state index < -0.39 is 6.04 Å². The number of carbonyl (C=O) groups is 3. The van der Waals surface area contributed by atoms with E-state index in [0.717, 1.165) is 0 Å². The van der Waals surface area contributed by atoms with Crippen LogP contribution in [0.3, 0.4) is 0 Å². The number of hydrogen-bond acceptors (Lipinski definition) is 4. The molecule has 2 amide bonds. The molecule has 0 saturated carbocycles. The number of Topliss-reactive ketones (excluding diaryl/α,β-unsaturated/α-hetero) is 1. The summed E-state index contributed by atoms with van der Waals surface area (Å²) >= 11 is 0. The standard InChI is InChI=1S/C16H20N2O4/c1-4-14(20)17-9-10-18(16(21)12(17)3)15-8-7-13(22-15)6-5-11(2)19/h4,7-8,12H,1,5-6,9-10H2,2-3H3. The normalized spacial score (nSPS) is 18.5. The zero-order valence-electron chi connectivity index (χ0n) is 12.9. The van der Waals surface area contributed by atoms with Gasteiger partial charge in [-0.15, -0.1) is 0 Å². The molecular formula is C16H20N2O4. The van der Waals surface area contributed by atoms with E-state index in [1.807, 2.05) is 0 Å². The molecule has 1 unspecified atom stereocenters. The number of rotatable bonds is 5. The second-order valence-electron chi connectivity index (χ2n) is 5.34. The molecule has 2 rings (SSSR count). The van der Waals surface area contributed by atoms with E-state index in [0.29, 0.717) is 37.6 Å². The SMILES string of the molecule is C=CC(=O)N1CCN(c2ccc(CCC(C)=O)o2)C(=O)C1C. The number of nitrogens with zero attached hydrogens (tertiary/aromatic N) is 2. The molecule has 0 aliphatic carbocycles. The highest BCUT2D eigenvalue weighted by atomic mass is 16.4. The highest BCUT2D eigenvalue weighted by Crippen LogP contribution is 2.24. The number of hydrogen-bond donors (Lipinski definition) is 0. The summed E-state index contributed by atoms with van der Waals surface area (Å²) in [6.45, 7) is 7.48. The first-order valence-corrected chi connectivity index (χ1v) is 7.26. The van der Waals surface area contributed by atoms with Gasteiger partial charge in [0.25, 0.3) is 5.91 Å². The molecule has 1 aliphatic heterocycles. The molecule has 0 bridgehead atoms. The van der Waals surface area contributed by atoms with Crippen molar-refractivity contribution in [2.24, 2.45) is 0 Å². The maximum atomic E-state index is 12.4. The van der Waals surface area contributed by atoms with Crippen LogP contribution in [0.2, 0.25) is 0 Å². The van der Waals surface area contributed by atoms with Gasteiger partial charge in [0.15, 0.2) is 0 Å². The molecule has 0 radical (unpaired) electrons. The summed E-state index contributed by atoms with van der Waals surface area (Å²) in [5, 5.41) is 0. The Hall–Kier alpha value is -2.37. The van der Waals surface area contributed by atoms with Crippen LogP contribution in [0.4, 0.5) is 5.88 Å². The molecule has 6 heteroatoms. The van der Waals surface area contributed by atoms with Crippen molar-refractivity contribution in [1.82, 2.24) is 4.90 Å². The molecule has 6 nitrogen and oxygen atoms in total. The largest absolute Gasteiger partial charge is 0.445 e. The topological polar surface area (TPSA) is 70.8 Å². The highest BCUT2D eigenvalue weighted by molar-refractivity contribution is 6.00. The van der Waals surface area contributed by atoms with E-state index in [9.17, 15) is 14.4 Å². The Balaban J connectivity index is 2.08. The molecule has 1 aromatic rings. The molecule has 1 atom stereocenters. The number of amides is 2. The molecule has 22 heavy (non-hydrogen) atoms. The van der Waals surface area contributed by atoms with Crippen LogP contribution in [-0.4, -0.2) is 41.6 Å². The summed E-state index contributed by atoms with van der Waals surface area (Å²) in [5.74, 6) is 0.798. The summed E-state index contributed by atoms with van der Waals surface area (Å²) in [7, 11) is 0. The minimum atomic E-state index is -0.551. The summed E-state index contributed by atoms with van der Waals surface area (Å²) in [4.78, 5) is 38.1.